The van der Waals surface area contributed by atoms with Crippen molar-refractivity contribution in [1.29, 1.82) is 0 Å². The van der Waals surface area contributed by atoms with Gasteiger partial charge in [0.15, 0.2) is 0 Å². The van der Waals surface area contributed by atoms with E-state index in [9.17, 15) is 0 Å². The molecule has 0 bridgehead atoms. The lowest BCUT2D eigenvalue weighted by molar-refractivity contribution is -0.0793. The fraction of sp³-hybridized carbons (Fsp3) is 0.348. The Labute approximate surface area is 303 Å². The Hall–Kier alpha value is -3.24. The van der Waals surface area contributed by atoms with Gasteiger partial charge in [-0.05, 0) is 161 Å². The summed E-state index contributed by atoms with van der Waals surface area (Å²) in [7, 11) is 0. The van der Waals surface area contributed by atoms with Crippen LogP contribution in [-0.2, 0) is 0 Å². The summed E-state index contributed by atoms with van der Waals surface area (Å²) in [5.74, 6) is 3.42. The smallest absolute Gasteiger partial charge is 0.0448 e. The first kappa shape index (κ1) is 30.6. The van der Waals surface area contributed by atoms with Crippen molar-refractivity contribution in [3.8, 4) is 20.2 Å². The lowest BCUT2D eigenvalue weighted by atomic mass is 9.45. The number of hydrogen-bond donors (Lipinski definition) is 0. The number of hydrogen-bond acceptors (Lipinski definition) is 3. The van der Waals surface area contributed by atoms with Crippen molar-refractivity contribution in [2.45, 2.75) is 65.2 Å². The Morgan fingerprint density at radius 1 is 0.694 bits per heavy atom. The van der Waals surface area contributed by atoms with E-state index in [4.69, 9.17) is 0 Å². The van der Waals surface area contributed by atoms with E-state index in [1.807, 2.05) is 34.0 Å². The molecule has 6 aromatic rings. The fourth-order valence-corrected chi connectivity index (χ4v) is 14.2. The van der Waals surface area contributed by atoms with E-state index >= 15 is 0 Å². The predicted octanol–water partition coefficient (Wildman–Crippen LogP) is 14.6. The summed E-state index contributed by atoms with van der Waals surface area (Å²) in [6.07, 6.45) is 16.1. The molecule has 0 saturated heterocycles. The van der Waals surface area contributed by atoms with Crippen molar-refractivity contribution in [2.24, 2.45) is 34.5 Å². The Morgan fingerprint density at radius 2 is 1.47 bits per heavy atom. The zero-order valence-corrected chi connectivity index (χ0v) is 31.0. The lowest BCUT2D eigenvalue weighted by Gasteiger charge is -2.59. The van der Waals surface area contributed by atoms with Crippen molar-refractivity contribution in [3.63, 3.8) is 0 Å². The molecule has 3 aromatic heterocycles. The van der Waals surface area contributed by atoms with Crippen LogP contribution in [0.4, 0.5) is 0 Å². The van der Waals surface area contributed by atoms with Crippen LogP contribution >= 0.6 is 34.0 Å². The van der Waals surface area contributed by atoms with Gasteiger partial charge < -0.3 is 0 Å². The van der Waals surface area contributed by atoms with E-state index in [1.165, 1.54) is 103 Å². The molecule has 10 rings (SSSR count). The van der Waals surface area contributed by atoms with Crippen LogP contribution in [0.2, 0.25) is 0 Å². The molecular formula is C46H44S3. The Bertz CT molecular complexity index is 2200. The lowest BCUT2D eigenvalue weighted by Crippen LogP contribution is -2.51. The van der Waals surface area contributed by atoms with E-state index in [2.05, 4.69) is 122 Å². The summed E-state index contributed by atoms with van der Waals surface area (Å²) in [4.78, 5) is 7.17. The summed E-state index contributed by atoms with van der Waals surface area (Å²) in [5, 5.41) is 7.59. The van der Waals surface area contributed by atoms with Crippen molar-refractivity contribution >= 4 is 67.2 Å². The second kappa shape index (κ2) is 11.7. The van der Waals surface area contributed by atoms with Gasteiger partial charge >= 0.3 is 0 Å². The fourth-order valence-electron chi connectivity index (χ4n) is 11.2. The van der Waals surface area contributed by atoms with Gasteiger partial charge in [0.1, 0.15) is 0 Å². The molecule has 4 aliphatic carbocycles. The quantitative estimate of drug-likeness (QED) is 0.161. The molecule has 246 valence electrons. The topological polar surface area (TPSA) is 0 Å². The molecule has 6 atom stereocenters. The molecule has 0 amide bonds. The standard InChI is InChI=1S/C46H44S3/c1-45-23-21-31(40-19-20-43(49-40)44-35-10-5-3-8-29(35)26-30-9-4-6-11-36(30)44)27-32(45)13-16-37-38-17-14-33(46(38,2)24-22-39(37)45)28-34-15-18-42(48-34)41-12-7-25-47-41/h3-12,15,18-21,25-26,28,32,37-39H,13-14,16-17,22-24,27H2,1-2H3/b33-28-/t32-,37-,38-,39-,45-,46+/m0/s1. The van der Waals surface area contributed by atoms with Gasteiger partial charge in [-0.2, -0.15) is 0 Å². The molecule has 49 heavy (non-hydrogen) atoms. The van der Waals surface area contributed by atoms with Crippen molar-refractivity contribution in [2.75, 3.05) is 0 Å². The van der Waals surface area contributed by atoms with Crippen LogP contribution in [0.25, 0.3) is 53.4 Å². The molecule has 0 radical (unpaired) electrons. The average molecular weight is 693 g/mol. The van der Waals surface area contributed by atoms with Crippen molar-refractivity contribution in [1.82, 2.24) is 0 Å². The summed E-state index contributed by atoms with van der Waals surface area (Å²) < 4.78 is 0. The second-order valence-corrected chi connectivity index (χ2v) is 19.1. The van der Waals surface area contributed by atoms with Gasteiger partial charge in [-0.25, -0.2) is 0 Å². The molecule has 3 heterocycles. The van der Waals surface area contributed by atoms with Crippen LogP contribution in [0.3, 0.4) is 0 Å². The molecule has 0 aliphatic heterocycles. The highest BCUT2D eigenvalue weighted by Gasteiger charge is 2.58. The highest BCUT2D eigenvalue weighted by Crippen LogP contribution is 2.68. The first-order chi connectivity index (χ1) is 24.0. The highest BCUT2D eigenvalue weighted by molar-refractivity contribution is 7.21. The van der Waals surface area contributed by atoms with Crippen LogP contribution in [0, 0.1) is 34.5 Å². The molecule has 3 heteroatoms. The third-order valence-electron chi connectivity index (χ3n) is 13.8. The van der Waals surface area contributed by atoms with Gasteiger partial charge in [0.2, 0.25) is 0 Å². The first-order valence-electron chi connectivity index (χ1n) is 18.5. The van der Waals surface area contributed by atoms with Crippen LogP contribution in [-0.4, -0.2) is 0 Å². The zero-order chi connectivity index (χ0) is 32.7. The Kier molecular flexibility index (Phi) is 7.27. The third-order valence-corrected chi connectivity index (χ3v) is 17.1. The number of rotatable bonds is 4. The molecule has 0 spiro atoms. The van der Waals surface area contributed by atoms with Crippen molar-refractivity contribution in [3.05, 3.63) is 118 Å². The molecule has 0 N–H and O–H groups in total. The molecule has 0 nitrogen and oxygen atoms in total. The minimum Gasteiger partial charge on any atom is -0.143 e. The van der Waals surface area contributed by atoms with E-state index in [-0.39, 0.29) is 0 Å². The number of benzene rings is 3. The third kappa shape index (κ3) is 4.86. The van der Waals surface area contributed by atoms with Gasteiger partial charge in [0.25, 0.3) is 0 Å². The average Bonchev–Trinajstić information content (AvgIpc) is 3.95. The number of thiophene rings is 3. The van der Waals surface area contributed by atoms with E-state index in [0.717, 1.165) is 23.7 Å². The summed E-state index contributed by atoms with van der Waals surface area (Å²) in [6, 6.07) is 34.2. The van der Waals surface area contributed by atoms with Crippen molar-refractivity contribution < 1.29 is 0 Å². The SMILES string of the molecule is C[C@]12CC=C(c3ccc(-c4c5ccccc5cc5ccccc45)s3)C[C@@H]1CC[C@@H]1[C@@H]2CC[C@]2(C)/C(=C\c3ccc(-c4cccs4)s3)CC[C@@H]12. The Balaban J connectivity index is 0.910. The molecule has 0 unspecified atom stereocenters. The normalized spacial score (nSPS) is 30.3. The van der Waals surface area contributed by atoms with Crippen LogP contribution in [0.5, 0.6) is 0 Å². The molecular weight excluding hydrogens is 649 g/mol. The zero-order valence-electron chi connectivity index (χ0n) is 28.6. The van der Waals surface area contributed by atoms with Gasteiger partial charge in [-0.3, -0.25) is 0 Å². The molecule has 3 aromatic carbocycles. The number of fused-ring (bicyclic) bond motifs is 7. The van der Waals surface area contributed by atoms with Crippen LogP contribution < -0.4 is 0 Å². The van der Waals surface area contributed by atoms with E-state index in [1.54, 1.807) is 11.1 Å². The maximum absolute atomic E-state index is 2.70. The minimum atomic E-state index is 0.381. The predicted molar refractivity (Wildman–Crippen MR) is 215 cm³/mol. The summed E-state index contributed by atoms with van der Waals surface area (Å²) in [5.41, 5.74) is 5.60. The summed E-state index contributed by atoms with van der Waals surface area (Å²) >= 11 is 5.86. The number of allylic oxidation sites excluding steroid dienone is 3. The van der Waals surface area contributed by atoms with Gasteiger partial charge in [0, 0.05) is 29.9 Å². The van der Waals surface area contributed by atoms with E-state index < -0.39 is 0 Å². The van der Waals surface area contributed by atoms with Crippen LogP contribution in [0.1, 0.15) is 75.0 Å². The van der Waals surface area contributed by atoms with Gasteiger partial charge in [-0.1, -0.05) is 80.1 Å². The molecule has 3 saturated carbocycles. The van der Waals surface area contributed by atoms with Gasteiger partial charge in [-0.15, -0.1) is 34.0 Å². The second-order valence-electron chi connectivity index (χ2n) is 16.0. The Morgan fingerprint density at radius 3 is 2.27 bits per heavy atom. The first-order valence-corrected chi connectivity index (χ1v) is 21.0. The maximum atomic E-state index is 2.70. The van der Waals surface area contributed by atoms with E-state index in [0.29, 0.717) is 10.8 Å². The minimum absolute atomic E-state index is 0.381. The monoisotopic (exact) mass is 692 g/mol. The van der Waals surface area contributed by atoms with Crippen LogP contribution in [0.15, 0.2) is 108 Å². The largest absolute Gasteiger partial charge is 0.143 e. The molecule has 4 aliphatic rings. The molecule has 3 fully saturated rings. The maximum Gasteiger partial charge on any atom is 0.0448 e. The summed E-state index contributed by atoms with van der Waals surface area (Å²) in [6.45, 7) is 5.36. The highest BCUT2D eigenvalue weighted by atomic mass is 32.1. The van der Waals surface area contributed by atoms with Gasteiger partial charge in [0.05, 0.1) is 0 Å².